The van der Waals surface area contributed by atoms with E-state index in [2.05, 4.69) is 21.2 Å². The van der Waals surface area contributed by atoms with Gasteiger partial charge in [-0.05, 0) is 30.3 Å². The Morgan fingerprint density at radius 1 is 1.24 bits per heavy atom. The van der Waals surface area contributed by atoms with Gasteiger partial charge in [0.2, 0.25) is 5.75 Å². The molecule has 0 heterocycles. The summed E-state index contributed by atoms with van der Waals surface area (Å²) in [5, 5.41) is 13.5. The second-order valence-corrected chi connectivity index (χ2v) is 4.99. The molecular weight excluding hydrogens is 340 g/mol. The molecule has 0 radical (unpaired) electrons. The third kappa shape index (κ3) is 3.38. The van der Waals surface area contributed by atoms with E-state index < -0.39 is 4.92 Å². The quantitative estimate of drug-likeness (QED) is 0.674. The fourth-order valence-corrected chi connectivity index (χ4v) is 2.04. The first-order valence-electron chi connectivity index (χ1n) is 5.91. The van der Waals surface area contributed by atoms with Crippen molar-refractivity contribution in [3.8, 4) is 5.75 Å². The molecule has 0 saturated heterocycles. The van der Waals surface area contributed by atoms with Crippen molar-refractivity contribution in [1.29, 1.82) is 0 Å². The van der Waals surface area contributed by atoms with Gasteiger partial charge in [0.15, 0.2) is 0 Å². The number of hydrogen-bond acceptors (Lipinski definition) is 4. The van der Waals surface area contributed by atoms with E-state index in [4.69, 9.17) is 4.74 Å². The van der Waals surface area contributed by atoms with Crippen LogP contribution in [-0.4, -0.2) is 17.9 Å². The number of carbonyl (C=O) groups is 1. The van der Waals surface area contributed by atoms with Crippen molar-refractivity contribution in [3.63, 3.8) is 0 Å². The maximum absolute atomic E-state index is 12.1. The van der Waals surface area contributed by atoms with Crippen LogP contribution in [0, 0.1) is 10.1 Å². The number of hydrogen-bond donors (Lipinski definition) is 1. The normalized spacial score (nSPS) is 10.0. The number of para-hydroxylation sites is 1. The molecule has 0 aliphatic rings. The zero-order valence-corrected chi connectivity index (χ0v) is 12.6. The number of nitro groups is 1. The molecule has 2 aromatic carbocycles. The molecule has 0 aliphatic carbocycles. The molecule has 0 fully saturated rings. The SMILES string of the molecule is COc1c(NC(=O)c2ccc(Br)cc2)cccc1[N+](=O)[O-]. The first-order valence-corrected chi connectivity index (χ1v) is 6.70. The smallest absolute Gasteiger partial charge is 0.313 e. The van der Waals surface area contributed by atoms with Gasteiger partial charge in [-0.2, -0.15) is 0 Å². The van der Waals surface area contributed by atoms with Gasteiger partial charge in [-0.25, -0.2) is 0 Å². The van der Waals surface area contributed by atoms with Gasteiger partial charge in [0.1, 0.15) is 0 Å². The molecule has 2 aromatic rings. The molecular formula is C14H11BrN2O4. The van der Waals surface area contributed by atoms with E-state index in [-0.39, 0.29) is 23.0 Å². The number of ether oxygens (including phenoxy) is 1. The van der Waals surface area contributed by atoms with Gasteiger partial charge in [-0.3, -0.25) is 14.9 Å². The Labute approximate surface area is 129 Å². The second-order valence-electron chi connectivity index (χ2n) is 4.08. The molecule has 7 heteroatoms. The summed E-state index contributed by atoms with van der Waals surface area (Å²) < 4.78 is 5.88. The van der Waals surface area contributed by atoms with Crippen LogP contribution in [0.5, 0.6) is 5.75 Å². The molecule has 108 valence electrons. The van der Waals surface area contributed by atoms with Gasteiger partial charge >= 0.3 is 5.69 Å². The Morgan fingerprint density at radius 2 is 1.90 bits per heavy atom. The lowest BCUT2D eigenvalue weighted by atomic mass is 10.2. The zero-order chi connectivity index (χ0) is 15.4. The Balaban J connectivity index is 2.31. The summed E-state index contributed by atoms with van der Waals surface area (Å²) >= 11 is 3.28. The number of nitrogens with zero attached hydrogens (tertiary/aromatic N) is 1. The van der Waals surface area contributed by atoms with Gasteiger partial charge in [0, 0.05) is 16.1 Å². The number of carbonyl (C=O) groups excluding carboxylic acids is 1. The Bertz CT molecular complexity index is 686. The Kier molecular flexibility index (Phi) is 4.54. The number of benzene rings is 2. The van der Waals surface area contributed by atoms with Crippen LogP contribution in [0.3, 0.4) is 0 Å². The summed E-state index contributed by atoms with van der Waals surface area (Å²) in [7, 11) is 1.32. The average molecular weight is 351 g/mol. The van der Waals surface area contributed by atoms with Crippen LogP contribution in [0.15, 0.2) is 46.9 Å². The molecule has 2 rings (SSSR count). The number of nitrogens with one attached hydrogen (secondary N) is 1. The summed E-state index contributed by atoms with van der Waals surface area (Å²) in [5.41, 5.74) is 0.484. The van der Waals surface area contributed by atoms with Crippen LogP contribution in [-0.2, 0) is 0 Å². The minimum Gasteiger partial charge on any atom is -0.489 e. The van der Waals surface area contributed by atoms with Crippen molar-refractivity contribution in [1.82, 2.24) is 0 Å². The van der Waals surface area contributed by atoms with E-state index >= 15 is 0 Å². The topological polar surface area (TPSA) is 81.5 Å². The summed E-state index contributed by atoms with van der Waals surface area (Å²) in [6.45, 7) is 0. The van der Waals surface area contributed by atoms with Crippen LogP contribution in [0.4, 0.5) is 11.4 Å². The number of nitro benzene ring substituents is 1. The minimum atomic E-state index is -0.561. The monoisotopic (exact) mass is 350 g/mol. The highest BCUT2D eigenvalue weighted by atomic mass is 79.9. The molecule has 6 nitrogen and oxygen atoms in total. The third-order valence-electron chi connectivity index (χ3n) is 2.75. The average Bonchev–Trinajstić information content (AvgIpc) is 2.47. The maximum Gasteiger partial charge on any atom is 0.313 e. The number of amides is 1. The number of anilines is 1. The van der Waals surface area contributed by atoms with Crippen molar-refractivity contribution in [3.05, 3.63) is 62.6 Å². The first-order chi connectivity index (χ1) is 10.0. The molecule has 0 atom stereocenters. The van der Waals surface area contributed by atoms with Crippen molar-refractivity contribution in [2.75, 3.05) is 12.4 Å². The van der Waals surface area contributed by atoms with Gasteiger partial charge in [-0.15, -0.1) is 0 Å². The number of methoxy groups -OCH3 is 1. The molecule has 0 aromatic heterocycles. The van der Waals surface area contributed by atoms with Crippen molar-refractivity contribution in [2.45, 2.75) is 0 Å². The van der Waals surface area contributed by atoms with E-state index in [9.17, 15) is 14.9 Å². The summed E-state index contributed by atoms with van der Waals surface area (Å²) in [6.07, 6.45) is 0. The van der Waals surface area contributed by atoms with Crippen molar-refractivity contribution >= 4 is 33.2 Å². The summed E-state index contributed by atoms with van der Waals surface area (Å²) in [4.78, 5) is 22.5. The molecule has 0 bridgehead atoms. The third-order valence-corrected chi connectivity index (χ3v) is 3.28. The van der Waals surface area contributed by atoms with Gasteiger partial charge in [0.25, 0.3) is 5.91 Å². The summed E-state index contributed by atoms with van der Waals surface area (Å²) in [5.74, 6) is -0.353. The lowest BCUT2D eigenvalue weighted by Crippen LogP contribution is -2.13. The van der Waals surface area contributed by atoms with Gasteiger partial charge in [-0.1, -0.05) is 22.0 Å². The van der Waals surface area contributed by atoms with Gasteiger partial charge in [0.05, 0.1) is 17.7 Å². The summed E-state index contributed by atoms with van der Waals surface area (Å²) in [6, 6.07) is 11.1. The van der Waals surface area contributed by atoms with E-state index in [1.165, 1.54) is 19.2 Å². The van der Waals surface area contributed by atoms with Crippen LogP contribution >= 0.6 is 15.9 Å². The van der Waals surface area contributed by atoms with E-state index in [1.807, 2.05) is 0 Å². The van der Waals surface area contributed by atoms with E-state index in [0.29, 0.717) is 5.56 Å². The van der Waals surface area contributed by atoms with E-state index in [1.54, 1.807) is 30.3 Å². The molecule has 0 unspecified atom stereocenters. The highest BCUT2D eigenvalue weighted by Gasteiger charge is 2.19. The number of halogens is 1. The predicted molar refractivity (Wildman–Crippen MR) is 81.7 cm³/mol. The zero-order valence-electron chi connectivity index (χ0n) is 11.0. The van der Waals surface area contributed by atoms with Gasteiger partial charge < -0.3 is 10.1 Å². The lowest BCUT2D eigenvalue weighted by molar-refractivity contribution is -0.385. The Hall–Kier alpha value is -2.41. The second kappa shape index (κ2) is 6.36. The van der Waals surface area contributed by atoms with E-state index in [0.717, 1.165) is 4.47 Å². The molecule has 21 heavy (non-hydrogen) atoms. The predicted octanol–water partition coefficient (Wildman–Crippen LogP) is 3.62. The van der Waals surface area contributed by atoms with Crippen LogP contribution < -0.4 is 10.1 Å². The highest BCUT2D eigenvalue weighted by Crippen LogP contribution is 2.34. The molecule has 0 aliphatic heterocycles. The lowest BCUT2D eigenvalue weighted by Gasteiger charge is -2.10. The fraction of sp³-hybridized carbons (Fsp3) is 0.0714. The minimum absolute atomic E-state index is 0.0213. The van der Waals surface area contributed by atoms with Crippen LogP contribution in [0.1, 0.15) is 10.4 Å². The van der Waals surface area contributed by atoms with Crippen LogP contribution in [0.25, 0.3) is 0 Å². The highest BCUT2D eigenvalue weighted by molar-refractivity contribution is 9.10. The maximum atomic E-state index is 12.1. The Morgan fingerprint density at radius 3 is 2.48 bits per heavy atom. The van der Waals surface area contributed by atoms with Crippen molar-refractivity contribution < 1.29 is 14.5 Å². The van der Waals surface area contributed by atoms with Crippen LogP contribution in [0.2, 0.25) is 0 Å². The molecule has 0 saturated carbocycles. The first kappa shape index (κ1) is 15.0. The molecule has 0 spiro atoms. The largest absolute Gasteiger partial charge is 0.489 e. The molecule has 1 amide bonds. The fourth-order valence-electron chi connectivity index (χ4n) is 1.78. The standard InChI is InChI=1S/C14H11BrN2O4/c1-21-13-11(3-2-4-12(13)17(19)20)16-14(18)9-5-7-10(15)8-6-9/h2-8H,1H3,(H,16,18). The molecule has 1 N–H and O–H groups in total. The number of rotatable bonds is 4. The van der Waals surface area contributed by atoms with Crippen molar-refractivity contribution in [2.24, 2.45) is 0 Å².